The fourth-order valence-corrected chi connectivity index (χ4v) is 4.85. The van der Waals surface area contributed by atoms with Crippen molar-refractivity contribution in [2.75, 3.05) is 20.8 Å². The van der Waals surface area contributed by atoms with Crippen molar-refractivity contribution in [2.24, 2.45) is 5.73 Å². The van der Waals surface area contributed by atoms with Gasteiger partial charge in [-0.05, 0) is 24.3 Å². The molecule has 0 radical (unpaired) electrons. The van der Waals surface area contributed by atoms with Crippen molar-refractivity contribution in [1.29, 1.82) is 0 Å². The Morgan fingerprint density at radius 1 is 0.976 bits per heavy atom. The zero-order valence-electron chi connectivity index (χ0n) is 22.1. The molecule has 0 unspecified atom stereocenters. The number of carbonyl (C=O) groups is 1. The molecule has 8 nitrogen and oxygen atoms in total. The minimum absolute atomic E-state index is 0.0903. The third kappa shape index (κ3) is 7.02. The Labute approximate surface area is 245 Å². The molecule has 0 aliphatic heterocycles. The second-order valence-corrected chi connectivity index (χ2v) is 9.47. The molecule has 3 N–H and O–H groups in total. The monoisotopic (exact) mass is 602 g/mol. The molecule has 0 bridgehead atoms. The van der Waals surface area contributed by atoms with E-state index in [4.69, 9.17) is 43.1 Å². The number of nitrogens with zero attached hydrogens (tertiary/aromatic N) is 2. The third-order valence-electron chi connectivity index (χ3n) is 6.13. The molecule has 214 valence electrons. The lowest BCUT2D eigenvalue weighted by atomic mass is 9.99. The summed E-state index contributed by atoms with van der Waals surface area (Å²) >= 11 is 13.8. The largest absolute Gasteiger partial charge is 0.496 e. The summed E-state index contributed by atoms with van der Waals surface area (Å²) in [6, 6.07) is 16.0. The van der Waals surface area contributed by atoms with Gasteiger partial charge in [-0.3, -0.25) is 4.98 Å². The first-order valence-electron chi connectivity index (χ1n) is 12.3. The van der Waals surface area contributed by atoms with E-state index in [1.165, 1.54) is 14.2 Å². The highest BCUT2D eigenvalue weighted by atomic mass is 35.5. The molecule has 0 aliphatic carbocycles. The number of pyridine rings is 2. The quantitative estimate of drug-likeness (QED) is 0.195. The molecule has 0 aliphatic rings. The van der Waals surface area contributed by atoms with Gasteiger partial charge in [0.1, 0.15) is 12.4 Å². The maximum Gasteiger partial charge on any atom is 0.404 e. The average molecular weight is 603 g/mol. The van der Waals surface area contributed by atoms with Crippen molar-refractivity contribution in [3.05, 3.63) is 82.0 Å². The molecular weight excluding hydrogens is 577 g/mol. The second-order valence-electron chi connectivity index (χ2n) is 8.71. The SMILES string of the molecule is COc1cc(-c2nccc(-c3cccc(-c4ccc(COC(N)=O)c(OC)n4)c3Cl)c2Cl)ccc1CNCC(F)F. The van der Waals surface area contributed by atoms with Crippen LogP contribution in [-0.2, 0) is 17.9 Å². The Morgan fingerprint density at radius 3 is 2.41 bits per heavy atom. The Morgan fingerprint density at radius 2 is 1.71 bits per heavy atom. The summed E-state index contributed by atoms with van der Waals surface area (Å²) in [5.41, 5.74) is 9.95. The summed E-state index contributed by atoms with van der Waals surface area (Å²) in [5.74, 6) is 0.772. The highest BCUT2D eigenvalue weighted by Crippen LogP contribution is 2.42. The Balaban J connectivity index is 1.69. The number of benzene rings is 2. The van der Waals surface area contributed by atoms with Gasteiger partial charge in [-0.25, -0.2) is 18.6 Å². The van der Waals surface area contributed by atoms with E-state index in [0.29, 0.717) is 55.0 Å². The number of alkyl halides is 2. The number of amides is 1. The molecular formula is C29H26Cl2F2N4O4. The van der Waals surface area contributed by atoms with Crippen LogP contribution in [0.25, 0.3) is 33.6 Å². The Bertz CT molecular complexity index is 1560. The fourth-order valence-electron chi connectivity index (χ4n) is 4.20. The number of carbonyl (C=O) groups excluding carboxylic acids is 1. The number of hydrogen-bond donors (Lipinski definition) is 2. The molecule has 0 spiro atoms. The molecule has 4 aromatic rings. The lowest BCUT2D eigenvalue weighted by Gasteiger charge is -2.15. The van der Waals surface area contributed by atoms with Crippen molar-refractivity contribution in [2.45, 2.75) is 19.6 Å². The van der Waals surface area contributed by atoms with Gasteiger partial charge in [-0.2, -0.15) is 0 Å². The zero-order valence-corrected chi connectivity index (χ0v) is 23.6. The third-order valence-corrected chi connectivity index (χ3v) is 6.92. The number of hydrogen-bond acceptors (Lipinski definition) is 7. The van der Waals surface area contributed by atoms with Gasteiger partial charge < -0.3 is 25.3 Å². The molecule has 2 aromatic carbocycles. The van der Waals surface area contributed by atoms with Crippen LogP contribution in [0.15, 0.2) is 60.8 Å². The molecule has 12 heteroatoms. The Kier molecular flexibility index (Phi) is 9.93. The predicted octanol–water partition coefficient (Wildman–Crippen LogP) is 6.75. The number of methoxy groups -OCH3 is 2. The van der Waals surface area contributed by atoms with Crippen molar-refractivity contribution in [1.82, 2.24) is 15.3 Å². The molecule has 1 amide bonds. The Hall–Kier alpha value is -3.99. The summed E-state index contributed by atoms with van der Waals surface area (Å²) in [6.45, 7) is -0.293. The number of primary amides is 1. The first-order valence-corrected chi connectivity index (χ1v) is 13.0. The van der Waals surface area contributed by atoms with Crippen LogP contribution in [0.4, 0.5) is 13.6 Å². The number of nitrogens with two attached hydrogens (primary N) is 1. The maximum absolute atomic E-state index is 12.5. The minimum atomic E-state index is -2.45. The summed E-state index contributed by atoms with van der Waals surface area (Å²) in [7, 11) is 2.96. The van der Waals surface area contributed by atoms with Gasteiger partial charge in [0.05, 0.1) is 47.8 Å². The van der Waals surface area contributed by atoms with Gasteiger partial charge in [0.2, 0.25) is 5.88 Å². The van der Waals surface area contributed by atoms with Gasteiger partial charge in [0.15, 0.2) is 0 Å². The van der Waals surface area contributed by atoms with Gasteiger partial charge in [0.25, 0.3) is 6.43 Å². The standard InChI is InChI=1S/C29H26Cl2F2N4O4/c1-39-23-12-16(6-7-17(23)13-35-14-24(32)33)27-26(31)20(10-11-36-27)19-4-3-5-21(25(19)30)22-9-8-18(15-41-29(34)38)28(37-22)40-2/h3-12,24,35H,13-15H2,1-2H3,(H2,34,38). The number of aromatic nitrogens is 2. The predicted molar refractivity (Wildman–Crippen MR) is 154 cm³/mol. The molecule has 2 aromatic heterocycles. The summed E-state index contributed by atoms with van der Waals surface area (Å²) in [6.07, 6.45) is -1.73. The van der Waals surface area contributed by atoms with Crippen LogP contribution in [0.1, 0.15) is 11.1 Å². The summed E-state index contributed by atoms with van der Waals surface area (Å²) in [5, 5.41) is 3.46. The molecule has 0 atom stereocenters. The topological polar surface area (TPSA) is 109 Å². The number of rotatable bonds is 11. The van der Waals surface area contributed by atoms with E-state index in [0.717, 1.165) is 5.56 Å². The van der Waals surface area contributed by atoms with Crippen LogP contribution in [0.5, 0.6) is 11.6 Å². The molecule has 0 saturated carbocycles. The first kappa shape index (κ1) is 30.0. The van der Waals surface area contributed by atoms with Crippen LogP contribution in [0, 0.1) is 0 Å². The lowest BCUT2D eigenvalue weighted by molar-refractivity contribution is 0.145. The van der Waals surface area contributed by atoms with E-state index < -0.39 is 19.1 Å². The van der Waals surface area contributed by atoms with Crippen molar-refractivity contribution in [3.8, 4) is 45.3 Å². The molecule has 2 heterocycles. The molecule has 4 rings (SSSR count). The highest BCUT2D eigenvalue weighted by Gasteiger charge is 2.19. The second kappa shape index (κ2) is 13.6. The first-order chi connectivity index (χ1) is 19.7. The number of nitrogens with one attached hydrogen (secondary N) is 1. The molecule has 0 saturated heterocycles. The van der Waals surface area contributed by atoms with Crippen LogP contribution in [-0.4, -0.2) is 43.3 Å². The summed E-state index contributed by atoms with van der Waals surface area (Å²) < 4.78 is 40.8. The van der Waals surface area contributed by atoms with Crippen LogP contribution in [0.2, 0.25) is 10.0 Å². The van der Waals surface area contributed by atoms with Gasteiger partial charge >= 0.3 is 6.09 Å². The van der Waals surface area contributed by atoms with E-state index in [-0.39, 0.29) is 19.0 Å². The van der Waals surface area contributed by atoms with Gasteiger partial charge in [-0.1, -0.05) is 53.5 Å². The average Bonchev–Trinajstić information content (AvgIpc) is 2.96. The van der Waals surface area contributed by atoms with Crippen LogP contribution >= 0.6 is 23.2 Å². The van der Waals surface area contributed by atoms with Crippen LogP contribution in [0.3, 0.4) is 0 Å². The minimum Gasteiger partial charge on any atom is -0.496 e. The smallest absolute Gasteiger partial charge is 0.404 e. The van der Waals surface area contributed by atoms with Crippen molar-refractivity contribution < 1.29 is 27.8 Å². The van der Waals surface area contributed by atoms with E-state index in [2.05, 4.69) is 15.3 Å². The zero-order chi connectivity index (χ0) is 29.5. The summed E-state index contributed by atoms with van der Waals surface area (Å²) in [4.78, 5) is 20.0. The highest BCUT2D eigenvalue weighted by molar-refractivity contribution is 6.39. The van der Waals surface area contributed by atoms with E-state index in [9.17, 15) is 13.6 Å². The van der Waals surface area contributed by atoms with Gasteiger partial charge in [-0.15, -0.1) is 0 Å². The normalized spacial score (nSPS) is 11.0. The van der Waals surface area contributed by atoms with Gasteiger partial charge in [0, 0.05) is 40.6 Å². The molecule has 41 heavy (non-hydrogen) atoms. The fraction of sp³-hybridized carbons (Fsp3) is 0.207. The van der Waals surface area contributed by atoms with Crippen molar-refractivity contribution >= 4 is 29.3 Å². The van der Waals surface area contributed by atoms with Crippen molar-refractivity contribution in [3.63, 3.8) is 0 Å². The maximum atomic E-state index is 12.5. The number of ether oxygens (including phenoxy) is 3. The van der Waals surface area contributed by atoms with Crippen LogP contribution < -0.4 is 20.5 Å². The van der Waals surface area contributed by atoms with E-state index >= 15 is 0 Å². The number of halogens is 4. The lowest BCUT2D eigenvalue weighted by Crippen LogP contribution is -2.20. The molecule has 0 fully saturated rings. The van der Waals surface area contributed by atoms with E-state index in [1.54, 1.807) is 42.6 Å². The van der Waals surface area contributed by atoms with E-state index in [1.807, 2.05) is 18.2 Å².